The van der Waals surface area contributed by atoms with E-state index in [1.807, 2.05) is 0 Å². The topological polar surface area (TPSA) is 37.3 Å². The van der Waals surface area contributed by atoms with Gasteiger partial charge in [0, 0.05) is 0 Å². The SMILES string of the molecule is CC1=CCCCCCCCCCCCC(C(=O)O)C1. The first-order valence-electron chi connectivity index (χ1n) is 8.08. The zero-order valence-electron chi connectivity index (χ0n) is 12.5. The Morgan fingerprint density at radius 3 is 2.11 bits per heavy atom. The molecule has 2 nitrogen and oxygen atoms in total. The second kappa shape index (κ2) is 10.1. The maximum Gasteiger partial charge on any atom is 0.306 e. The lowest BCUT2D eigenvalue weighted by Crippen LogP contribution is -2.14. The van der Waals surface area contributed by atoms with Gasteiger partial charge in [-0.2, -0.15) is 0 Å². The molecule has 0 aromatic rings. The van der Waals surface area contributed by atoms with E-state index >= 15 is 0 Å². The van der Waals surface area contributed by atoms with Gasteiger partial charge in [-0.15, -0.1) is 0 Å². The Hall–Kier alpha value is -0.790. The summed E-state index contributed by atoms with van der Waals surface area (Å²) in [4.78, 5) is 11.3. The van der Waals surface area contributed by atoms with E-state index in [4.69, 9.17) is 0 Å². The van der Waals surface area contributed by atoms with E-state index in [0.29, 0.717) is 0 Å². The van der Waals surface area contributed by atoms with Crippen LogP contribution in [0.3, 0.4) is 0 Å². The molecule has 0 aliphatic heterocycles. The summed E-state index contributed by atoms with van der Waals surface area (Å²) in [6.07, 6.45) is 16.5. The average Bonchev–Trinajstić information content (AvgIpc) is 2.38. The normalized spacial score (nSPS) is 24.9. The monoisotopic (exact) mass is 266 g/mol. The van der Waals surface area contributed by atoms with Gasteiger partial charge < -0.3 is 5.11 Å². The van der Waals surface area contributed by atoms with Crippen LogP contribution in [0.4, 0.5) is 0 Å². The fourth-order valence-corrected chi connectivity index (χ4v) is 2.91. The van der Waals surface area contributed by atoms with Gasteiger partial charge in [0.25, 0.3) is 0 Å². The maximum atomic E-state index is 11.3. The lowest BCUT2D eigenvalue weighted by atomic mass is 9.93. The Labute approximate surface area is 118 Å². The van der Waals surface area contributed by atoms with Crippen LogP contribution in [-0.4, -0.2) is 11.1 Å². The fraction of sp³-hybridized carbons (Fsp3) is 0.824. The second-order valence-corrected chi connectivity index (χ2v) is 6.05. The maximum absolute atomic E-state index is 11.3. The minimum atomic E-state index is -0.614. The third-order valence-electron chi connectivity index (χ3n) is 4.17. The largest absolute Gasteiger partial charge is 0.481 e. The van der Waals surface area contributed by atoms with Gasteiger partial charge in [0.15, 0.2) is 0 Å². The number of carboxylic acids is 1. The van der Waals surface area contributed by atoms with E-state index in [-0.39, 0.29) is 5.92 Å². The molecular weight excluding hydrogens is 236 g/mol. The van der Waals surface area contributed by atoms with Crippen LogP contribution in [0, 0.1) is 5.92 Å². The summed E-state index contributed by atoms with van der Waals surface area (Å²) in [5.41, 5.74) is 1.27. The molecule has 0 spiro atoms. The third-order valence-corrected chi connectivity index (χ3v) is 4.17. The molecule has 2 heteroatoms. The molecule has 0 heterocycles. The van der Waals surface area contributed by atoms with Crippen LogP contribution in [0.25, 0.3) is 0 Å². The molecule has 0 saturated heterocycles. The molecule has 0 bridgehead atoms. The number of hydrogen-bond acceptors (Lipinski definition) is 1. The first-order valence-corrected chi connectivity index (χ1v) is 8.08. The first-order chi connectivity index (χ1) is 9.20. The molecule has 0 saturated carbocycles. The molecular formula is C17H30O2. The van der Waals surface area contributed by atoms with Crippen LogP contribution >= 0.6 is 0 Å². The summed E-state index contributed by atoms with van der Waals surface area (Å²) < 4.78 is 0. The van der Waals surface area contributed by atoms with Crippen LogP contribution < -0.4 is 0 Å². The summed E-state index contributed by atoms with van der Waals surface area (Å²) in [6.45, 7) is 2.09. The molecule has 0 aromatic heterocycles. The van der Waals surface area contributed by atoms with Gasteiger partial charge in [-0.05, 0) is 32.6 Å². The summed E-state index contributed by atoms with van der Waals surface area (Å²) >= 11 is 0. The van der Waals surface area contributed by atoms with Crippen molar-refractivity contribution in [3.8, 4) is 0 Å². The van der Waals surface area contributed by atoms with Gasteiger partial charge in [0.1, 0.15) is 0 Å². The number of hydrogen-bond donors (Lipinski definition) is 1. The molecule has 110 valence electrons. The van der Waals surface area contributed by atoms with Gasteiger partial charge in [-0.1, -0.05) is 63.0 Å². The highest BCUT2D eigenvalue weighted by Crippen LogP contribution is 2.21. The van der Waals surface area contributed by atoms with Gasteiger partial charge in [0.2, 0.25) is 0 Å². The Bertz CT molecular complexity index is 281. The summed E-state index contributed by atoms with van der Waals surface area (Å²) in [5.74, 6) is -0.779. The molecule has 0 fully saturated rings. The first kappa shape index (κ1) is 16.3. The smallest absolute Gasteiger partial charge is 0.306 e. The standard InChI is InChI=1S/C17H30O2/c1-15-12-10-8-6-4-2-3-5-7-9-11-13-16(14-15)17(18)19/h12,16H,2-11,13-14H2,1H3,(H,18,19). The van der Waals surface area contributed by atoms with Crippen molar-refractivity contribution in [2.24, 2.45) is 5.92 Å². The van der Waals surface area contributed by atoms with Gasteiger partial charge in [-0.3, -0.25) is 4.79 Å². The Kier molecular flexibility index (Phi) is 8.61. The van der Waals surface area contributed by atoms with Crippen molar-refractivity contribution in [1.82, 2.24) is 0 Å². The van der Waals surface area contributed by atoms with Crippen LogP contribution in [0.2, 0.25) is 0 Å². The average molecular weight is 266 g/mol. The van der Waals surface area contributed by atoms with Crippen molar-refractivity contribution in [3.63, 3.8) is 0 Å². The van der Waals surface area contributed by atoms with Gasteiger partial charge >= 0.3 is 5.97 Å². The quantitative estimate of drug-likeness (QED) is 0.651. The molecule has 1 unspecified atom stereocenters. The Balaban J connectivity index is 2.47. The number of allylic oxidation sites excluding steroid dienone is 2. The molecule has 19 heavy (non-hydrogen) atoms. The van der Waals surface area contributed by atoms with E-state index < -0.39 is 5.97 Å². The molecule has 1 aliphatic rings. The molecule has 0 radical (unpaired) electrons. The second-order valence-electron chi connectivity index (χ2n) is 6.05. The fourth-order valence-electron chi connectivity index (χ4n) is 2.91. The highest BCUT2D eigenvalue weighted by Gasteiger charge is 2.17. The van der Waals surface area contributed by atoms with Crippen molar-refractivity contribution in [2.75, 3.05) is 0 Å². The van der Waals surface area contributed by atoms with Crippen LogP contribution in [0.5, 0.6) is 0 Å². The lowest BCUT2D eigenvalue weighted by molar-refractivity contribution is -0.142. The Morgan fingerprint density at radius 1 is 1.00 bits per heavy atom. The molecule has 0 aromatic carbocycles. The van der Waals surface area contributed by atoms with Crippen molar-refractivity contribution in [2.45, 2.75) is 84.0 Å². The van der Waals surface area contributed by atoms with E-state index in [0.717, 1.165) is 25.7 Å². The van der Waals surface area contributed by atoms with Gasteiger partial charge in [0.05, 0.1) is 5.92 Å². The zero-order valence-corrected chi connectivity index (χ0v) is 12.5. The third kappa shape index (κ3) is 8.07. The number of carbonyl (C=O) groups is 1. The molecule has 1 N–H and O–H groups in total. The van der Waals surface area contributed by atoms with Crippen molar-refractivity contribution in [1.29, 1.82) is 0 Å². The van der Waals surface area contributed by atoms with Crippen LogP contribution in [0.1, 0.15) is 84.0 Å². The predicted molar refractivity (Wildman–Crippen MR) is 80.3 cm³/mol. The van der Waals surface area contributed by atoms with E-state index in [2.05, 4.69) is 13.0 Å². The predicted octanol–water partition coefficient (Wildman–Crippen LogP) is 5.33. The molecule has 1 atom stereocenters. The Morgan fingerprint density at radius 2 is 1.53 bits per heavy atom. The van der Waals surface area contributed by atoms with Crippen LogP contribution in [0.15, 0.2) is 11.6 Å². The summed E-state index contributed by atoms with van der Waals surface area (Å²) in [6, 6.07) is 0. The number of rotatable bonds is 1. The van der Waals surface area contributed by atoms with Crippen molar-refractivity contribution in [3.05, 3.63) is 11.6 Å². The molecule has 1 aliphatic carbocycles. The number of aliphatic carboxylic acids is 1. The minimum Gasteiger partial charge on any atom is -0.481 e. The summed E-state index contributed by atoms with van der Waals surface area (Å²) in [5, 5.41) is 9.28. The highest BCUT2D eigenvalue weighted by molar-refractivity contribution is 5.70. The van der Waals surface area contributed by atoms with Crippen molar-refractivity contribution >= 4 is 5.97 Å². The van der Waals surface area contributed by atoms with Crippen LogP contribution in [-0.2, 0) is 4.79 Å². The van der Waals surface area contributed by atoms with E-state index in [1.54, 1.807) is 0 Å². The minimum absolute atomic E-state index is 0.165. The van der Waals surface area contributed by atoms with Gasteiger partial charge in [-0.25, -0.2) is 0 Å². The highest BCUT2D eigenvalue weighted by atomic mass is 16.4. The zero-order chi connectivity index (χ0) is 13.9. The van der Waals surface area contributed by atoms with E-state index in [9.17, 15) is 9.90 Å². The molecule has 1 rings (SSSR count). The summed E-state index contributed by atoms with van der Waals surface area (Å²) in [7, 11) is 0. The van der Waals surface area contributed by atoms with Crippen molar-refractivity contribution < 1.29 is 9.90 Å². The number of carboxylic acid groups (broad SMARTS) is 1. The molecule has 0 amide bonds. The van der Waals surface area contributed by atoms with E-state index in [1.165, 1.54) is 56.9 Å². The lowest BCUT2D eigenvalue weighted by Gasteiger charge is -2.12.